The average Bonchev–Trinajstić information content (AvgIpc) is 3.23. The van der Waals surface area contributed by atoms with Crippen LogP contribution in [-0.4, -0.2) is 62.8 Å². The average molecular weight is 445 g/mol. The lowest BCUT2D eigenvalue weighted by atomic mass is 9.94. The lowest BCUT2D eigenvalue weighted by molar-refractivity contribution is -0.182. The minimum Gasteiger partial charge on any atom is -0.480 e. The maximum atomic E-state index is 15.4. The van der Waals surface area contributed by atoms with E-state index in [1.165, 1.54) is 11.3 Å². The number of nitrogens with two attached hydrogens (primary N) is 1. The minimum atomic E-state index is -2.67. The van der Waals surface area contributed by atoms with E-state index in [0.29, 0.717) is 4.88 Å². The third-order valence-electron chi connectivity index (χ3n) is 5.31. The van der Waals surface area contributed by atoms with Gasteiger partial charge in [0.05, 0.1) is 5.00 Å². The van der Waals surface area contributed by atoms with Crippen LogP contribution in [0.3, 0.4) is 0 Å². The molecule has 2 saturated heterocycles. The molecule has 4 N–H and O–H groups in total. The number of fused-ring (bicyclic) bond motifs is 1. The van der Waals surface area contributed by atoms with Crippen molar-refractivity contribution in [2.24, 2.45) is 5.73 Å². The summed E-state index contributed by atoms with van der Waals surface area (Å²) >= 11 is 2.36. The van der Waals surface area contributed by atoms with Crippen molar-refractivity contribution < 1.29 is 23.9 Å². The number of thiophene rings is 1. The predicted molar refractivity (Wildman–Crippen MR) is 111 cm³/mol. The molecule has 2 amide bonds. The van der Waals surface area contributed by atoms with Gasteiger partial charge >= 0.3 is 5.97 Å². The molecule has 160 valence electrons. The van der Waals surface area contributed by atoms with Crippen LogP contribution >= 0.6 is 23.1 Å². The van der Waals surface area contributed by atoms with E-state index in [4.69, 9.17) is 5.73 Å². The van der Waals surface area contributed by atoms with Crippen molar-refractivity contribution in [3.63, 3.8) is 0 Å². The molecule has 0 aromatic carbocycles. The summed E-state index contributed by atoms with van der Waals surface area (Å²) in [5, 5.41) is 11.4. The van der Waals surface area contributed by atoms with Crippen molar-refractivity contribution in [1.29, 1.82) is 0 Å². The predicted octanol–water partition coefficient (Wildman–Crippen LogP) is 1.52. The molecule has 8 nitrogen and oxygen atoms in total. The summed E-state index contributed by atoms with van der Waals surface area (Å²) in [6, 6.07) is 1.28. The lowest BCUT2D eigenvalue weighted by Crippen LogP contribution is -2.77. The zero-order valence-corrected chi connectivity index (χ0v) is 18.3. The van der Waals surface area contributed by atoms with Crippen molar-refractivity contribution in [2.45, 2.75) is 55.7 Å². The highest BCUT2D eigenvalue weighted by atomic mass is 32.2. The van der Waals surface area contributed by atoms with Gasteiger partial charge in [0.25, 0.3) is 11.7 Å². The first-order valence-corrected chi connectivity index (χ1v) is 11.0. The van der Waals surface area contributed by atoms with Gasteiger partial charge in [0.1, 0.15) is 17.5 Å². The van der Waals surface area contributed by atoms with E-state index in [9.17, 15) is 19.5 Å². The molecule has 1 unspecified atom stereocenters. The van der Waals surface area contributed by atoms with Gasteiger partial charge in [-0.3, -0.25) is 9.59 Å². The number of carboxylic acids is 1. The summed E-state index contributed by atoms with van der Waals surface area (Å²) in [5.74, 6) is -5.74. The fourth-order valence-corrected chi connectivity index (χ4v) is 6.44. The normalized spacial score (nSPS) is 28.5. The van der Waals surface area contributed by atoms with Crippen LogP contribution in [0.4, 0.5) is 9.39 Å². The third kappa shape index (κ3) is 3.38. The van der Waals surface area contributed by atoms with Crippen LogP contribution < -0.4 is 16.0 Å². The molecule has 29 heavy (non-hydrogen) atoms. The molecule has 2 aliphatic heterocycles. The van der Waals surface area contributed by atoms with Gasteiger partial charge in [0, 0.05) is 22.7 Å². The second-order valence-electron chi connectivity index (χ2n) is 7.55. The zero-order valence-electron chi connectivity index (χ0n) is 16.6. The highest BCUT2D eigenvalue weighted by molar-refractivity contribution is 8.01. The Kier molecular flexibility index (Phi) is 5.61. The smallest absolute Gasteiger partial charge is 0.327 e. The molecule has 0 saturated carbocycles. The van der Waals surface area contributed by atoms with Gasteiger partial charge in [0.15, 0.2) is 0 Å². The largest absolute Gasteiger partial charge is 0.480 e. The van der Waals surface area contributed by atoms with Crippen molar-refractivity contribution in [3.05, 3.63) is 17.0 Å². The number of rotatable bonds is 7. The summed E-state index contributed by atoms with van der Waals surface area (Å²) < 4.78 is 14.5. The Hall–Kier alpha value is -1.85. The molecule has 4 atom stereocenters. The van der Waals surface area contributed by atoms with Crippen LogP contribution in [0, 0.1) is 0 Å². The molecule has 3 heterocycles. The highest BCUT2D eigenvalue weighted by Crippen LogP contribution is 2.55. The monoisotopic (exact) mass is 444 g/mol. The Bertz CT molecular complexity index is 844. The van der Waals surface area contributed by atoms with Gasteiger partial charge in [-0.1, -0.05) is 0 Å². The number of anilines is 1. The first-order chi connectivity index (χ1) is 13.5. The van der Waals surface area contributed by atoms with Gasteiger partial charge in [-0.2, -0.15) is 0 Å². The molecule has 0 spiro atoms. The van der Waals surface area contributed by atoms with Crippen LogP contribution in [0.5, 0.6) is 0 Å². The summed E-state index contributed by atoms with van der Waals surface area (Å²) in [7, 11) is 0. The molecule has 2 fully saturated rings. The van der Waals surface area contributed by atoms with Crippen molar-refractivity contribution in [1.82, 2.24) is 10.2 Å². The molecular formula is C18H25FN4O4S2. The zero-order chi connectivity index (χ0) is 21.7. The fourth-order valence-electron chi connectivity index (χ4n) is 3.74. The number of hydrogen-bond acceptors (Lipinski definition) is 7. The van der Waals surface area contributed by atoms with E-state index in [-0.39, 0.29) is 0 Å². The molecule has 1 aromatic rings. The molecule has 1 aromatic heterocycles. The summed E-state index contributed by atoms with van der Waals surface area (Å²) in [4.78, 5) is 40.2. The number of nitrogens with one attached hydrogen (secondary N) is 1. The second kappa shape index (κ2) is 7.44. The number of halogens is 1. The van der Waals surface area contributed by atoms with Gasteiger partial charge in [0.2, 0.25) is 5.91 Å². The number of β-lactam (4-membered cyclic amide) rings is 1. The second-order valence-corrected chi connectivity index (χ2v) is 10.4. The minimum absolute atomic E-state index is 0.555. The van der Waals surface area contributed by atoms with Crippen LogP contribution in [0.2, 0.25) is 0 Å². The van der Waals surface area contributed by atoms with Gasteiger partial charge in [-0.25, -0.2) is 9.18 Å². The number of amides is 2. The first kappa shape index (κ1) is 21.8. The highest BCUT2D eigenvalue weighted by Gasteiger charge is 2.73. The molecule has 2 aliphatic rings. The van der Waals surface area contributed by atoms with Crippen LogP contribution in [0.15, 0.2) is 12.1 Å². The quantitative estimate of drug-likeness (QED) is 0.431. The van der Waals surface area contributed by atoms with E-state index in [1.54, 1.807) is 19.9 Å². The maximum absolute atomic E-state index is 15.4. The standard InChI is InChI=1S/C18H25FN4O4S2/c1-5-22(6-2)10-8-7-9(28-10)11(20)13(24)21-18(19)15(27)23-12(14(25)26)17(3,4)29-16(18)23/h7-8,11-12,16H,5-6,20H2,1-4H3,(H,21,24)(H,25,26)/t11?,12-,16+,18-/m0/s1. The number of hydrogen-bond donors (Lipinski definition) is 3. The molecular weight excluding hydrogens is 419 g/mol. The van der Waals surface area contributed by atoms with E-state index < -0.39 is 45.8 Å². The molecule has 0 radical (unpaired) electrons. The Morgan fingerprint density at radius 1 is 1.38 bits per heavy atom. The number of aliphatic carboxylic acids is 1. The van der Waals surface area contributed by atoms with E-state index in [1.807, 2.05) is 19.9 Å². The SMILES string of the molecule is CCN(CC)c1ccc(C(N)C(=O)N[C@@]2(F)C(=O)N3[C@@H](C(=O)O)C(C)(C)S[C@@H]32)s1. The van der Waals surface area contributed by atoms with Crippen LogP contribution in [0.1, 0.15) is 38.6 Å². The number of alkyl halides is 1. The Morgan fingerprint density at radius 2 is 2.00 bits per heavy atom. The number of carboxylic acid groups (broad SMARTS) is 1. The van der Waals surface area contributed by atoms with Gasteiger partial charge in [-0.15, -0.1) is 23.1 Å². The number of thioether (sulfide) groups is 1. The first-order valence-electron chi connectivity index (χ1n) is 9.32. The van der Waals surface area contributed by atoms with E-state index in [2.05, 4.69) is 10.2 Å². The van der Waals surface area contributed by atoms with Crippen LogP contribution in [-0.2, 0) is 14.4 Å². The van der Waals surface area contributed by atoms with Crippen molar-refractivity contribution >= 4 is 45.9 Å². The summed E-state index contributed by atoms with van der Waals surface area (Å²) in [6.07, 6.45) is 0. The Morgan fingerprint density at radius 3 is 2.55 bits per heavy atom. The molecule has 11 heteroatoms. The van der Waals surface area contributed by atoms with E-state index >= 15 is 4.39 Å². The maximum Gasteiger partial charge on any atom is 0.327 e. The topological polar surface area (TPSA) is 116 Å². The van der Waals surface area contributed by atoms with Crippen molar-refractivity contribution in [3.8, 4) is 0 Å². The number of nitrogens with zero attached hydrogens (tertiary/aromatic N) is 2. The molecule has 0 aliphatic carbocycles. The lowest BCUT2D eigenvalue weighted by Gasteiger charge is -2.47. The molecule has 3 rings (SSSR count). The number of carbonyl (C=O) groups excluding carboxylic acids is 2. The van der Waals surface area contributed by atoms with Gasteiger partial charge < -0.3 is 26.0 Å². The molecule has 0 bridgehead atoms. The van der Waals surface area contributed by atoms with Crippen molar-refractivity contribution in [2.75, 3.05) is 18.0 Å². The van der Waals surface area contributed by atoms with Crippen LogP contribution in [0.25, 0.3) is 0 Å². The number of carbonyl (C=O) groups is 3. The fraction of sp³-hybridized carbons (Fsp3) is 0.611. The Balaban J connectivity index is 1.74. The van der Waals surface area contributed by atoms with E-state index in [0.717, 1.165) is 34.8 Å². The summed E-state index contributed by atoms with van der Waals surface area (Å²) in [6.45, 7) is 8.90. The van der Waals surface area contributed by atoms with Gasteiger partial charge in [-0.05, 0) is 39.8 Å². The summed E-state index contributed by atoms with van der Waals surface area (Å²) in [5.41, 5.74) is 6.02. The Labute approximate surface area is 176 Å². The third-order valence-corrected chi connectivity index (χ3v) is 8.14.